The first-order valence-electron chi connectivity index (χ1n) is 5.90. The number of aryl methyl sites for hydroxylation is 1. The molecular weight excluding hydrogens is 280 g/mol. The first kappa shape index (κ1) is 14.2. The highest BCUT2D eigenvalue weighted by Gasteiger charge is 2.08. The topological polar surface area (TPSA) is 41.1 Å². The minimum absolute atomic E-state index is 0.0119. The third-order valence-electron chi connectivity index (χ3n) is 2.46. The van der Waals surface area contributed by atoms with Crippen molar-refractivity contribution < 1.29 is 4.79 Å². The fraction of sp³-hybridized carbons (Fsp3) is 0.462. The van der Waals surface area contributed by atoms with Crippen LogP contribution in [0.25, 0.3) is 0 Å². The van der Waals surface area contributed by atoms with Crippen molar-refractivity contribution >= 4 is 21.8 Å². The average molecular weight is 299 g/mol. The molecule has 0 unspecified atom stereocenters. The molecule has 2 N–H and O–H groups in total. The van der Waals surface area contributed by atoms with Gasteiger partial charge in [0, 0.05) is 23.1 Å². The largest absolute Gasteiger partial charge is 0.351 e. The monoisotopic (exact) mass is 298 g/mol. The van der Waals surface area contributed by atoms with E-state index < -0.39 is 0 Å². The minimum atomic E-state index is -0.0119. The van der Waals surface area contributed by atoms with Crippen LogP contribution in [0.5, 0.6) is 0 Å². The van der Waals surface area contributed by atoms with Gasteiger partial charge in [0.05, 0.1) is 0 Å². The maximum Gasteiger partial charge on any atom is 0.251 e. The van der Waals surface area contributed by atoms with Crippen molar-refractivity contribution in [3.8, 4) is 0 Å². The van der Waals surface area contributed by atoms with Crippen LogP contribution in [0.15, 0.2) is 22.7 Å². The van der Waals surface area contributed by atoms with Gasteiger partial charge in [0.25, 0.3) is 5.91 Å². The third kappa shape index (κ3) is 4.88. The molecule has 3 nitrogen and oxygen atoms in total. The first-order valence-corrected chi connectivity index (χ1v) is 6.69. The Hall–Kier alpha value is -0.870. The molecule has 94 valence electrons. The SMILES string of the molecule is CCCNCCNC(=O)c1cc(Br)ccc1C. The van der Waals surface area contributed by atoms with Gasteiger partial charge in [0.1, 0.15) is 0 Å². The minimum Gasteiger partial charge on any atom is -0.351 e. The lowest BCUT2D eigenvalue weighted by molar-refractivity contribution is 0.0953. The maximum absolute atomic E-state index is 11.9. The number of carbonyl (C=O) groups excluding carboxylic acids is 1. The summed E-state index contributed by atoms with van der Waals surface area (Å²) in [5, 5.41) is 6.15. The van der Waals surface area contributed by atoms with Crippen molar-refractivity contribution in [3.05, 3.63) is 33.8 Å². The standard InChI is InChI=1S/C13H19BrN2O/c1-3-6-15-7-8-16-13(17)12-9-11(14)5-4-10(12)2/h4-5,9,15H,3,6-8H2,1-2H3,(H,16,17). The first-order chi connectivity index (χ1) is 8.15. The van der Waals surface area contributed by atoms with Gasteiger partial charge in [-0.3, -0.25) is 4.79 Å². The molecule has 0 radical (unpaired) electrons. The zero-order valence-electron chi connectivity index (χ0n) is 10.3. The molecule has 1 aromatic rings. The van der Waals surface area contributed by atoms with Crippen LogP contribution in [0.3, 0.4) is 0 Å². The Morgan fingerprint density at radius 3 is 2.76 bits per heavy atom. The Labute approximate surface area is 111 Å². The summed E-state index contributed by atoms with van der Waals surface area (Å²) < 4.78 is 0.928. The van der Waals surface area contributed by atoms with Gasteiger partial charge in [0.15, 0.2) is 0 Å². The summed E-state index contributed by atoms with van der Waals surface area (Å²) in [6, 6.07) is 5.73. The van der Waals surface area contributed by atoms with Crippen LogP contribution in [-0.2, 0) is 0 Å². The number of hydrogen-bond donors (Lipinski definition) is 2. The van der Waals surface area contributed by atoms with E-state index in [4.69, 9.17) is 0 Å². The van der Waals surface area contributed by atoms with Crippen molar-refractivity contribution in [2.75, 3.05) is 19.6 Å². The van der Waals surface area contributed by atoms with Gasteiger partial charge in [-0.1, -0.05) is 28.9 Å². The highest BCUT2D eigenvalue weighted by Crippen LogP contribution is 2.15. The van der Waals surface area contributed by atoms with Crippen LogP contribution in [0.1, 0.15) is 29.3 Å². The molecule has 17 heavy (non-hydrogen) atoms. The van der Waals surface area contributed by atoms with E-state index in [-0.39, 0.29) is 5.91 Å². The van der Waals surface area contributed by atoms with Gasteiger partial charge in [-0.15, -0.1) is 0 Å². The Morgan fingerprint density at radius 2 is 2.06 bits per heavy atom. The molecule has 4 heteroatoms. The summed E-state index contributed by atoms with van der Waals surface area (Å²) >= 11 is 3.37. The molecule has 1 rings (SSSR count). The number of benzene rings is 1. The highest BCUT2D eigenvalue weighted by molar-refractivity contribution is 9.10. The Balaban J connectivity index is 2.44. The highest BCUT2D eigenvalue weighted by atomic mass is 79.9. The molecule has 0 atom stereocenters. The zero-order valence-corrected chi connectivity index (χ0v) is 11.9. The summed E-state index contributed by atoms with van der Waals surface area (Å²) in [7, 11) is 0. The van der Waals surface area contributed by atoms with Gasteiger partial charge in [-0.2, -0.15) is 0 Å². The van der Waals surface area contributed by atoms with E-state index in [0.717, 1.165) is 35.1 Å². The number of amides is 1. The predicted molar refractivity (Wildman–Crippen MR) is 74.4 cm³/mol. The quantitative estimate of drug-likeness (QED) is 0.792. The Morgan fingerprint density at radius 1 is 1.29 bits per heavy atom. The molecule has 1 amide bonds. The molecule has 0 aliphatic carbocycles. The molecule has 0 bridgehead atoms. The van der Waals surface area contributed by atoms with Crippen LogP contribution in [0, 0.1) is 6.92 Å². The smallest absolute Gasteiger partial charge is 0.251 e. The summed E-state index contributed by atoms with van der Waals surface area (Å²) in [4.78, 5) is 11.9. The summed E-state index contributed by atoms with van der Waals surface area (Å²) in [6.07, 6.45) is 1.11. The van der Waals surface area contributed by atoms with E-state index in [1.54, 1.807) is 0 Å². The summed E-state index contributed by atoms with van der Waals surface area (Å²) in [5.74, 6) is -0.0119. The predicted octanol–water partition coefficient (Wildman–Crippen LogP) is 2.49. The number of carbonyl (C=O) groups is 1. The van der Waals surface area contributed by atoms with Gasteiger partial charge in [-0.05, 0) is 37.6 Å². The van der Waals surface area contributed by atoms with Crippen LogP contribution < -0.4 is 10.6 Å². The molecule has 0 aromatic heterocycles. The van der Waals surface area contributed by atoms with Crippen molar-refractivity contribution in [3.63, 3.8) is 0 Å². The number of rotatable bonds is 6. The lowest BCUT2D eigenvalue weighted by Gasteiger charge is -2.08. The second kappa shape index (κ2) is 7.45. The van der Waals surface area contributed by atoms with E-state index in [2.05, 4.69) is 33.5 Å². The normalized spacial score (nSPS) is 10.3. The lowest BCUT2D eigenvalue weighted by atomic mass is 10.1. The molecule has 0 saturated carbocycles. The number of halogens is 1. The molecule has 0 aliphatic heterocycles. The molecule has 0 saturated heterocycles. The zero-order chi connectivity index (χ0) is 12.7. The van der Waals surface area contributed by atoms with Crippen LogP contribution in [0.4, 0.5) is 0 Å². The number of nitrogens with one attached hydrogen (secondary N) is 2. The second-order valence-corrected chi connectivity index (χ2v) is 4.88. The molecule has 0 heterocycles. The third-order valence-corrected chi connectivity index (χ3v) is 2.95. The lowest BCUT2D eigenvalue weighted by Crippen LogP contribution is -2.32. The molecule has 0 spiro atoms. The van der Waals surface area contributed by atoms with Crippen molar-refractivity contribution in [1.82, 2.24) is 10.6 Å². The summed E-state index contributed by atoms with van der Waals surface area (Å²) in [6.45, 7) is 6.52. The van der Waals surface area contributed by atoms with Gasteiger partial charge in [-0.25, -0.2) is 0 Å². The molecule has 0 fully saturated rings. The van der Waals surface area contributed by atoms with E-state index in [1.807, 2.05) is 25.1 Å². The molecular formula is C13H19BrN2O. The fourth-order valence-corrected chi connectivity index (χ4v) is 1.86. The van der Waals surface area contributed by atoms with Gasteiger partial charge in [0.2, 0.25) is 0 Å². The van der Waals surface area contributed by atoms with E-state index in [0.29, 0.717) is 6.54 Å². The van der Waals surface area contributed by atoms with Crippen LogP contribution >= 0.6 is 15.9 Å². The molecule has 1 aromatic carbocycles. The van der Waals surface area contributed by atoms with Crippen LogP contribution in [0.2, 0.25) is 0 Å². The maximum atomic E-state index is 11.9. The van der Waals surface area contributed by atoms with Crippen molar-refractivity contribution in [2.45, 2.75) is 20.3 Å². The summed E-state index contributed by atoms with van der Waals surface area (Å²) in [5.41, 5.74) is 1.72. The van der Waals surface area contributed by atoms with Crippen LogP contribution in [-0.4, -0.2) is 25.5 Å². The molecule has 0 aliphatic rings. The van der Waals surface area contributed by atoms with E-state index in [9.17, 15) is 4.79 Å². The van der Waals surface area contributed by atoms with Crippen molar-refractivity contribution in [2.24, 2.45) is 0 Å². The fourth-order valence-electron chi connectivity index (χ4n) is 1.50. The Bertz CT molecular complexity index is 380. The van der Waals surface area contributed by atoms with E-state index in [1.165, 1.54) is 0 Å². The van der Waals surface area contributed by atoms with Gasteiger partial charge < -0.3 is 10.6 Å². The van der Waals surface area contributed by atoms with Gasteiger partial charge >= 0.3 is 0 Å². The number of hydrogen-bond acceptors (Lipinski definition) is 2. The average Bonchev–Trinajstić information content (AvgIpc) is 2.32. The van der Waals surface area contributed by atoms with E-state index >= 15 is 0 Å². The van der Waals surface area contributed by atoms with Crippen molar-refractivity contribution in [1.29, 1.82) is 0 Å². The Kier molecular flexibility index (Phi) is 6.22. The second-order valence-electron chi connectivity index (χ2n) is 3.97.